The number of hydrogen-bond acceptors (Lipinski definition) is 4. The van der Waals surface area contributed by atoms with Crippen molar-refractivity contribution in [1.29, 1.82) is 0 Å². The number of carboxylic acids is 1. The molecule has 4 nitrogen and oxygen atoms in total. The smallest absolute Gasteiger partial charge is 0.355 e. The monoisotopic (exact) mass is 380 g/mol. The number of nitrogens with one attached hydrogen (secondary N) is 1. The number of hydrogen-bond donors (Lipinski definition) is 2. The molecule has 0 atom stereocenters. The summed E-state index contributed by atoms with van der Waals surface area (Å²) in [6.07, 6.45) is 0. The normalized spacial score (nSPS) is 10.5. The van der Waals surface area contributed by atoms with Crippen LogP contribution >= 0.6 is 50.5 Å². The van der Waals surface area contributed by atoms with Crippen LogP contribution in [0.2, 0.25) is 10.0 Å². The molecule has 0 unspecified atom stereocenters. The van der Waals surface area contributed by atoms with E-state index in [1.807, 2.05) is 0 Å². The fourth-order valence-electron chi connectivity index (χ4n) is 1.42. The summed E-state index contributed by atoms with van der Waals surface area (Å²) >= 11 is 16.7. The van der Waals surface area contributed by atoms with Crippen molar-refractivity contribution in [2.24, 2.45) is 0 Å². The van der Waals surface area contributed by atoms with Gasteiger partial charge in [0.2, 0.25) is 0 Å². The zero-order valence-electron chi connectivity index (χ0n) is 9.50. The molecule has 0 aliphatic heterocycles. The number of halogens is 3. The summed E-state index contributed by atoms with van der Waals surface area (Å²) in [5.41, 5.74) is 0.522. The van der Waals surface area contributed by atoms with Crippen molar-refractivity contribution < 1.29 is 9.90 Å². The minimum Gasteiger partial charge on any atom is -0.476 e. The predicted octanol–water partition coefficient (Wildman–Crippen LogP) is 4.96. The van der Waals surface area contributed by atoms with Gasteiger partial charge in [0.1, 0.15) is 0 Å². The predicted molar refractivity (Wildman–Crippen MR) is 81.3 cm³/mol. The molecule has 0 saturated carbocycles. The third-order valence-electron chi connectivity index (χ3n) is 2.24. The lowest BCUT2D eigenvalue weighted by Gasteiger charge is -2.08. The number of carboxylic acid groups (broad SMARTS) is 1. The average Bonchev–Trinajstić information content (AvgIpc) is 2.65. The third kappa shape index (κ3) is 3.20. The molecule has 19 heavy (non-hydrogen) atoms. The molecule has 2 N–H and O–H groups in total. The highest BCUT2D eigenvalue weighted by atomic mass is 79.9. The highest BCUT2D eigenvalue weighted by Gasteiger charge is 2.16. The second kappa shape index (κ2) is 5.66. The van der Waals surface area contributed by atoms with Gasteiger partial charge in [-0.15, -0.1) is 11.3 Å². The van der Waals surface area contributed by atoms with E-state index in [0.717, 1.165) is 4.47 Å². The molecule has 0 fully saturated rings. The van der Waals surface area contributed by atoms with Crippen LogP contribution in [0.1, 0.15) is 15.4 Å². The van der Waals surface area contributed by atoms with Crippen molar-refractivity contribution in [2.45, 2.75) is 6.92 Å². The molecule has 1 aromatic carbocycles. The van der Waals surface area contributed by atoms with Gasteiger partial charge in [0.15, 0.2) is 10.8 Å². The molecule has 0 amide bonds. The number of benzene rings is 1. The first kappa shape index (κ1) is 14.6. The Labute approximate surface area is 131 Å². The fourth-order valence-corrected chi connectivity index (χ4v) is 3.53. The molecular formula is C11H7BrCl2N2O2S. The maximum atomic E-state index is 10.9. The van der Waals surface area contributed by atoms with Crippen LogP contribution in [0, 0.1) is 6.92 Å². The number of nitrogens with zero attached hydrogens (tertiary/aromatic N) is 1. The molecule has 2 rings (SSSR count). The quantitative estimate of drug-likeness (QED) is 0.788. The molecule has 2 aromatic rings. The fraction of sp³-hybridized carbons (Fsp3) is 0.0909. The molecular weight excluding hydrogens is 375 g/mol. The Kier molecular flexibility index (Phi) is 4.35. The Bertz CT molecular complexity index is 637. The van der Waals surface area contributed by atoms with Crippen LogP contribution < -0.4 is 5.32 Å². The number of thiazole rings is 1. The zero-order valence-corrected chi connectivity index (χ0v) is 13.4. The number of aryl methyl sites for hydroxylation is 1. The second-order valence-corrected chi connectivity index (χ2v) is 6.53. The Hall–Kier alpha value is -0.820. The van der Waals surface area contributed by atoms with Gasteiger partial charge in [-0.25, -0.2) is 9.78 Å². The van der Waals surface area contributed by atoms with E-state index in [4.69, 9.17) is 28.3 Å². The summed E-state index contributed by atoms with van der Waals surface area (Å²) in [6.45, 7) is 1.69. The van der Waals surface area contributed by atoms with E-state index in [0.29, 0.717) is 25.7 Å². The molecule has 0 aliphatic carbocycles. The Morgan fingerprint density at radius 1 is 1.42 bits per heavy atom. The van der Waals surface area contributed by atoms with Gasteiger partial charge in [-0.05, 0) is 19.1 Å². The molecule has 8 heteroatoms. The minimum absolute atomic E-state index is 0.0249. The molecule has 1 heterocycles. The van der Waals surface area contributed by atoms with Gasteiger partial charge in [0, 0.05) is 9.35 Å². The van der Waals surface area contributed by atoms with E-state index < -0.39 is 5.97 Å². The summed E-state index contributed by atoms with van der Waals surface area (Å²) in [7, 11) is 0. The number of anilines is 2. The minimum atomic E-state index is -1.06. The summed E-state index contributed by atoms with van der Waals surface area (Å²) in [5.74, 6) is -1.06. The van der Waals surface area contributed by atoms with Gasteiger partial charge in [-0.1, -0.05) is 39.1 Å². The number of rotatable bonds is 3. The second-order valence-electron chi connectivity index (χ2n) is 3.60. The molecule has 100 valence electrons. The molecule has 0 aliphatic rings. The molecule has 0 radical (unpaired) electrons. The summed E-state index contributed by atoms with van der Waals surface area (Å²) in [6, 6.07) is 3.38. The molecule has 0 saturated heterocycles. The summed E-state index contributed by atoms with van der Waals surface area (Å²) in [4.78, 5) is 15.5. The van der Waals surface area contributed by atoms with E-state index in [1.54, 1.807) is 19.1 Å². The maximum absolute atomic E-state index is 10.9. The third-order valence-corrected chi connectivity index (χ3v) is 4.18. The van der Waals surface area contributed by atoms with Crippen LogP contribution in [0.15, 0.2) is 16.6 Å². The van der Waals surface area contributed by atoms with E-state index in [1.165, 1.54) is 11.3 Å². The van der Waals surface area contributed by atoms with Gasteiger partial charge in [-0.2, -0.15) is 0 Å². The Morgan fingerprint density at radius 2 is 2.00 bits per heavy atom. The maximum Gasteiger partial charge on any atom is 0.355 e. The van der Waals surface area contributed by atoms with Crippen molar-refractivity contribution in [2.75, 3.05) is 5.32 Å². The van der Waals surface area contributed by atoms with Crippen molar-refractivity contribution in [3.63, 3.8) is 0 Å². The largest absolute Gasteiger partial charge is 0.476 e. The van der Waals surface area contributed by atoms with Crippen LogP contribution in [0.5, 0.6) is 0 Å². The van der Waals surface area contributed by atoms with Crippen molar-refractivity contribution in [3.8, 4) is 0 Å². The average molecular weight is 382 g/mol. The van der Waals surface area contributed by atoms with Gasteiger partial charge in [0.05, 0.1) is 15.7 Å². The molecule has 1 aromatic heterocycles. The lowest BCUT2D eigenvalue weighted by molar-refractivity contribution is 0.0690. The van der Waals surface area contributed by atoms with Crippen molar-refractivity contribution in [3.05, 3.63) is 37.2 Å². The number of aromatic nitrogens is 1. The SMILES string of the molecule is Cc1sc(Nc2c(Cl)cc(Br)cc2Cl)nc1C(=O)O. The van der Waals surface area contributed by atoms with Gasteiger partial charge < -0.3 is 10.4 Å². The lowest BCUT2D eigenvalue weighted by Crippen LogP contribution is -1.99. The lowest BCUT2D eigenvalue weighted by atomic mass is 10.3. The number of carbonyl (C=O) groups is 1. The van der Waals surface area contributed by atoms with Gasteiger partial charge in [-0.3, -0.25) is 0 Å². The van der Waals surface area contributed by atoms with Crippen LogP contribution in [-0.2, 0) is 0 Å². The van der Waals surface area contributed by atoms with Crippen LogP contribution in [0.3, 0.4) is 0 Å². The standard InChI is InChI=1S/C11H7BrCl2N2O2S/c1-4-8(10(17)18)15-11(19-4)16-9-6(13)2-5(12)3-7(9)14/h2-3H,1H3,(H,15,16)(H,17,18). The van der Waals surface area contributed by atoms with E-state index in [-0.39, 0.29) is 5.69 Å². The van der Waals surface area contributed by atoms with Gasteiger partial charge in [0.25, 0.3) is 0 Å². The van der Waals surface area contributed by atoms with Gasteiger partial charge >= 0.3 is 5.97 Å². The number of aromatic carboxylic acids is 1. The van der Waals surface area contributed by atoms with E-state index in [9.17, 15) is 4.79 Å². The summed E-state index contributed by atoms with van der Waals surface area (Å²) < 4.78 is 0.759. The highest BCUT2D eigenvalue weighted by molar-refractivity contribution is 9.10. The van der Waals surface area contributed by atoms with Crippen LogP contribution in [-0.4, -0.2) is 16.1 Å². The van der Waals surface area contributed by atoms with E-state index >= 15 is 0 Å². The molecule has 0 bridgehead atoms. The van der Waals surface area contributed by atoms with E-state index in [2.05, 4.69) is 26.2 Å². The first-order valence-corrected chi connectivity index (χ1v) is 7.37. The summed E-state index contributed by atoms with van der Waals surface area (Å²) in [5, 5.41) is 13.2. The van der Waals surface area contributed by atoms with Crippen LogP contribution in [0.25, 0.3) is 0 Å². The first-order chi connectivity index (χ1) is 8.88. The Morgan fingerprint density at radius 3 is 2.47 bits per heavy atom. The van der Waals surface area contributed by atoms with Crippen molar-refractivity contribution >= 4 is 67.3 Å². The first-order valence-electron chi connectivity index (χ1n) is 5.00. The zero-order chi connectivity index (χ0) is 14.2. The highest BCUT2D eigenvalue weighted by Crippen LogP contribution is 2.37. The van der Waals surface area contributed by atoms with Crippen LogP contribution in [0.4, 0.5) is 10.8 Å². The molecule has 0 spiro atoms. The topological polar surface area (TPSA) is 62.2 Å². The Balaban J connectivity index is 2.37. The van der Waals surface area contributed by atoms with Crippen molar-refractivity contribution in [1.82, 2.24) is 4.98 Å².